The molecule has 0 aliphatic heterocycles. The highest BCUT2D eigenvalue weighted by atomic mass is 32.1. The van der Waals surface area contributed by atoms with E-state index in [1.165, 1.54) is 17.7 Å². The molecule has 0 bridgehead atoms. The summed E-state index contributed by atoms with van der Waals surface area (Å²) < 4.78 is 38.2. The van der Waals surface area contributed by atoms with Gasteiger partial charge in [0.1, 0.15) is 18.7 Å². The second kappa shape index (κ2) is 5.07. The standard InChI is InChI=1S/C10H11F3N4S/c11-10(12,13)5-17(3-2-14)9-8-7(1-4-18-8)15-6-16-9/h1,4,6H,2-3,5,14H2. The summed E-state index contributed by atoms with van der Waals surface area (Å²) in [4.78, 5) is 9.09. The summed E-state index contributed by atoms with van der Waals surface area (Å²) in [7, 11) is 0. The van der Waals surface area contributed by atoms with E-state index in [4.69, 9.17) is 5.73 Å². The molecule has 4 nitrogen and oxygen atoms in total. The van der Waals surface area contributed by atoms with Crippen LogP contribution in [0, 0.1) is 0 Å². The molecule has 98 valence electrons. The van der Waals surface area contributed by atoms with E-state index in [0.717, 1.165) is 4.90 Å². The van der Waals surface area contributed by atoms with E-state index in [-0.39, 0.29) is 18.9 Å². The number of fused-ring (bicyclic) bond motifs is 1. The Kier molecular flexibility index (Phi) is 3.67. The summed E-state index contributed by atoms with van der Waals surface area (Å²) in [5, 5.41) is 1.77. The summed E-state index contributed by atoms with van der Waals surface area (Å²) in [5.74, 6) is 0.290. The van der Waals surface area contributed by atoms with Crippen LogP contribution in [0.4, 0.5) is 19.0 Å². The Hall–Kier alpha value is -1.41. The molecular formula is C10H11F3N4S. The van der Waals surface area contributed by atoms with Crippen molar-refractivity contribution in [2.45, 2.75) is 6.18 Å². The maximum Gasteiger partial charge on any atom is 0.405 e. The average Bonchev–Trinajstić information content (AvgIpc) is 2.74. The highest BCUT2D eigenvalue weighted by molar-refractivity contribution is 7.17. The molecule has 0 aliphatic carbocycles. The number of thiophene rings is 1. The van der Waals surface area contributed by atoms with E-state index >= 15 is 0 Å². The lowest BCUT2D eigenvalue weighted by molar-refractivity contribution is -0.119. The van der Waals surface area contributed by atoms with Crippen LogP contribution in [0.5, 0.6) is 0 Å². The van der Waals surface area contributed by atoms with Crippen LogP contribution in [-0.2, 0) is 0 Å². The van der Waals surface area contributed by atoms with Gasteiger partial charge in [0.25, 0.3) is 0 Å². The van der Waals surface area contributed by atoms with Crippen LogP contribution in [-0.4, -0.2) is 35.8 Å². The molecule has 2 aromatic heterocycles. The van der Waals surface area contributed by atoms with Gasteiger partial charge in [-0.15, -0.1) is 11.3 Å². The number of alkyl halides is 3. The number of rotatable bonds is 4. The van der Waals surface area contributed by atoms with E-state index < -0.39 is 12.7 Å². The van der Waals surface area contributed by atoms with Gasteiger partial charge in [-0.3, -0.25) is 0 Å². The van der Waals surface area contributed by atoms with Gasteiger partial charge < -0.3 is 10.6 Å². The lowest BCUT2D eigenvalue weighted by Crippen LogP contribution is -2.38. The van der Waals surface area contributed by atoms with Crippen molar-refractivity contribution < 1.29 is 13.2 Å². The van der Waals surface area contributed by atoms with Gasteiger partial charge in [-0.25, -0.2) is 9.97 Å². The topological polar surface area (TPSA) is 55.0 Å². The van der Waals surface area contributed by atoms with Crippen molar-refractivity contribution in [3.8, 4) is 0 Å². The predicted octanol–water partition coefficient (Wildman–Crippen LogP) is 2.02. The van der Waals surface area contributed by atoms with Gasteiger partial charge in [-0.2, -0.15) is 13.2 Å². The molecule has 2 N–H and O–H groups in total. The van der Waals surface area contributed by atoms with Gasteiger partial charge in [0.15, 0.2) is 0 Å². The number of halogens is 3. The molecule has 2 rings (SSSR count). The van der Waals surface area contributed by atoms with Crippen molar-refractivity contribution in [3.63, 3.8) is 0 Å². The van der Waals surface area contributed by atoms with Crippen LogP contribution in [0.3, 0.4) is 0 Å². The van der Waals surface area contributed by atoms with Crippen molar-refractivity contribution in [1.29, 1.82) is 0 Å². The van der Waals surface area contributed by atoms with E-state index in [1.807, 2.05) is 0 Å². The minimum atomic E-state index is -4.29. The Labute approximate surface area is 105 Å². The maximum absolute atomic E-state index is 12.5. The van der Waals surface area contributed by atoms with Crippen molar-refractivity contribution in [1.82, 2.24) is 9.97 Å². The number of nitrogens with zero attached hydrogens (tertiary/aromatic N) is 3. The Bertz CT molecular complexity index is 525. The molecule has 18 heavy (non-hydrogen) atoms. The molecule has 2 aromatic rings. The zero-order valence-electron chi connectivity index (χ0n) is 9.31. The number of hydrogen-bond donors (Lipinski definition) is 1. The molecule has 8 heteroatoms. The molecule has 0 fully saturated rings. The third kappa shape index (κ3) is 2.88. The minimum absolute atomic E-state index is 0.101. The molecule has 0 amide bonds. The summed E-state index contributed by atoms with van der Waals surface area (Å²) in [5.41, 5.74) is 6.00. The quantitative estimate of drug-likeness (QED) is 0.928. The molecule has 0 unspecified atom stereocenters. The monoisotopic (exact) mass is 276 g/mol. The van der Waals surface area contributed by atoms with E-state index in [2.05, 4.69) is 9.97 Å². The average molecular weight is 276 g/mol. The van der Waals surface area contributed by atoms with Gasteiger partial charge in [0.2, 0.25) is 0 Å². The van der Waals surface area contributed by atoms with Crippen molar-refractivity contribution in [2.75, 3.05) is 24.5 Å². The molecule has 0 atom stereocenters. The molecule has 0 radical (unpaired) electrons. The van der Waals surface area contributed by atoms with Gasteiger partial charge in [0, 0.05) is 13.1 Å². The zero-order chi connectivity index (χ0) is 13.2. The number of anilines is 1. The van der Waals surface area contributed by atoms with Crippen molar-refractivity contribution in [3.05, 3.63) is 17.8 Å². The molecule has 0 aromatic carbocycles. The fraction of sp³-hybridized carbons (Fsp3) is 0.400. The molecule has 0 aliphatic rings. The summed E-state index contributed by atoms with van der Waals surface area (Å²) >= 11 is 1.32. The molecule has 2 heterocycles. The number of nitrogens with two attached hydrogens (primary N) is 1. The normalized spacial score (nSPS) is 12.0. The smallest absolute Gasteiger partial charge is 0.345 e. The van der Waals surface area contributed by atoms with Crippen LogP contribution in [0.25, 0.3) is 10.2 Å². The number of hydrogen-bond acceptors (Lipinski definition) is 5. The van der Waals surface area contributed by atoms with E-state index in [0.29, 0.717) is 10.2 Å². The SMILES string of the molecule is NCCN(CC(F)(F)F)c1ncnc2ccsc12. The Morgan fingerprint density at radius 1 is 1.33 bits per heavy atom. The third-order valence-electron chi connectivity index (χ3n) is 2.29. The van der Waals surface area contributed by atoms with Crippen LogP contribution in [0.2, 0.25) is 0 Å². The highest BCUT2D eigenvalue weighted by Gasteiger charge is 2.31. The van der Waals surface area contributed by atoms with Gasteiger partial charge >= 0.3 is 6.18 Å². The third-order valence-corrected chi connectivity index (χ3v) is 3.19. The predicted molar refractivity (Wildman–Crippen MR) is 64.7 cm³/mol. The number of aromatic nitrogens is 2. The fourth-order valence-electron chi connectivity index (χ4n) is 1.63. The van der Waals surface area contributed by atoms with Gasteiger partial charge in [0.05, 0.1) is 10.2 Å². The van der Waals surface area contributed by atoms with Gasteiger partial charge in [-0.1, -0.05) is 0 Å². The molecular weight excluding hydrogens is 265 g/mol. The molecule has 0 saturated heterocycles. The minimum Gasteiger partial charge on any atom is -0.345 e. The lowest BCUT2D eigenvalue weighted by atomic mass is 10.4. The Morgan fingerprint density at radius 2 is 2.11 bits per heavy atom. The van der Waals surface area contributed by atoms with Crippen LogP contribution in [0.15, 0.2) is 17.8 Å². The first kappa shape index (κ1) is 13.0. The first-order valence-electron chi connectivity index (χ1n) is 5.21. The van der Waals surface area contributed by atoms with Crippen molar-refractivity contribution >= 4 is 27.4 Å². The van der Waals surface area contributed by atoms with Crippen LogP contribution >= 0.6 is 11.3 Å². The maximum atomic E-state index is 12.5. The lowest BCUT2D eigenvalue weighted by Gasteiger charge is -2.24. The highest BCUT2D eigenvalue weighted by Crippen LogP contribution is 2.29. The Morgan fingerprint density at radius 3 is 2.78 bits per heavy atom. The van der Waals surface area contributed by atoms with E-state index in [1.54, 1.807) is 11.4 Å². The van der Waals surface area contributed by atoms with E-state index in [9.17, 15) is 13.2 Å². The first-order valence-corrected chi connectivity index (χ1v) is 6.09. The molecule has 0 spiro atoms. The molecule has 0 saturated carbocycles. The fourth-order valence-corrected chi connectivity index (χ4v) is 2.49. The second-order valence-electron chi connectivity index (χ2n) is 3.66. The largest absolute Gasteiger partial charge is 0.405 e. The Balaban J connectivity index is 2.38. The van der Waals surface area contributed by atoms with Crippen molar-refractivity contribution in [2.24, 2.45) is 5.73 Å². The first-order chi connectivity index (χ1) is 8.51. The van der Waals surface area contributed by atoms with Crippen LogP contribution in [0.1, 0.15) is 0 Å². The summed E-state index contributed by atoms with van der Waals surface area (Å²) in [6.45, 7) is -0.829. The van der Waals surface area contributed by atoms with Crippen LogP contribution < -0.4 is 10.6 Å². The second-order valence-corrected chi connectivity index (χ2v) is 4.57. The van der Waals surface area contributed by atoms with Gasteiger partial charge in [-0.05, 0) is 11.4 Å². The summed E-state index contributed by atoms with van der Waals surface area (Å²) in [6.07, 6.45) is -3.02. The zero-order valence-corrected chi connectivity index (χ0v) is 10.1. The summed E-state index contributed by atoms with van der Waals surface area (Å²) in [6, 6.07) is 1.75.